The van der Waals surface area contributed by atoms with Crippen molar-refractivity contribution < 1.29 is 54.5 Å². The molecule has 1 aliphatic heterocycles. The minimum atomic E-state index is -5.08. The molecule has 18 heteroatoms. The number of carboxylic acid groups (broad SMARTS) is 1. The molecule has 5 rings (SSSR count). The van der Waals surface area contributed by atoms with Crippen LogP contribution in [0.4, 0.5) is 33.5 Å². The molecule has 0 aliphatic carbocycles. The van der Waals surface area contributed by atoms with Gasteiger partial charge >= 0.3 is 12.1 Å². The zero-order valence-corrected chi connectivity index (χ0v) is 30.3. The number of hydrogen-bond acceptors (Lipinski definition) is 9. The first-order chi connectivity index (χ1) is 25.3. The van der Waals surface area contributed by atoms with Crippen molar-refractivity contribution >= 4 is 44.2 Å². The molecular weight excluding hydrogens is 741 g/mol. The summed E-state index contributed by atoms with van der Waals surface area (Å²) in [7, 11) is -4.08. The third kappa shape index (κ3) is 10.7. The zero-order chi connectivity index (χ0) is 39.8. The van der Waals surface area contributed by atoms with Crippen molar-refractivity contribution in [2.75, 3.05) is 30.7 Å². The molecule has 1 aliphatic rings. The number of nitrogens with two attached hydrogens (primary N) is 1. The molecule has 1 amide bonds. The van der Waals surface area contributed by atoms with Gasteiger partial charge in [0, 0.05) is 49.7 Å². The number of halogens is 5. The molecule has 0 radical (unpaired) electrons. The number of hydrogen-bond donors (Lipinski definition) is 4. The number of anilines is 2. The molecule has 3 aromatic carbocycles. The summed E-state index contributed by atoms with van der Waals surface area (Å²) in [6.07, 6.45) is -4.66. The van der Waals surface area contributed by atoms with Crippen LogP contribution in [-0.2, 0) is 26.2 Å². The van der Waals surface area contributed by atoms with Crippen molar-refractivity contribution in [3.8, 4) is 11.5 Å². The highest BCUT2D eigenvalue weighted by atomic mass is 32.2. The standard InChI is InChI=1S/C34H39F2N5O5S.C2HF3O2/c1-4-45-29-20-24(9-12-28(29)46-22(2)3)31(40-26-10-11-27-23(19-26)13-16-38-32(27)37)33(42)39-21-25-7-5-6-8-30(25)47(43,44)41-17-14-34(35,36)15-18-41;3-2(4,5)1(6)7/h5-13,16,19-20,22,31,40H,4,14-15,17-18,21H2,1-3H3,(H2,37,38)(H,39,42);(H,6,7). The number of alkyl halides is 5. The fourth-order valence-corrected chi connectivity index (χ4v) is 7.12. The highest BCUT2D eigenvalue weighted by molar-refractivity contribution is 7.89. The van der Waals surface area contributed by atoms with Gasteiger partial charge in [-0.15, -0.1) is 0 Å². The van der Waals surface area contributed by atoms with Gasteiger partial charge in [0.1, 0.15) is 11.9 Å². The number of pyridine rings is 1. The van der Waals surface area contributed by atoms with Crippen molar-refractivity contribution in [1.29, 1.82) is 0 Å². The van der Waals surface area contributed by atoms with E-state index in [0.29, 0.717) is 40.7 Å². The van der Waals surface area contributed by atoms with E-state index in [1.807, 2.05) is 39.0 Å². The number of nitrogens with zero attached hydrogens (tertiary/aromatic N) is 2. The topological polar surface area (TPSA) is 173 Å². The molecule has 0 saturated carbocycles. The summed E-state index contributed by atoms with van der Waals surface area (Å²) in [5, 5.41) is 14.9. The second-order valence-corrected chi connectivity index (χ2v) is 14.3. The van der Waals surface area contributed by atoms with Gasteiger partial charge in [-0.05, 0) is 79.7 Å². The van der Waals surface area contributed by atoms with Crippen LogP contribution in [0.3, 0.4) is 0 Å². The second-order valence-electron chi connectivity index (χ2n) is 12.4. The first-order valence-corrected chi connectivity index (χ1v) is 18.1. The summed E-state index contributed by atoms with van der Waals surface area (Å²) in [6, 6.07) is 17.9. The number of ether oxygens (including phenoxy) is 2. The van der Waals surface area contributed by atoms with Gasteiger partial charge in [-0.3, -0.25) is 4.79 Å². The number of benzene rings is 3. The Morgan fingerprint density at radius 3 is 2.31 bits per heavy atom. The van der Waals surface area contributed by atoms with Gasteiger partial charge in [-0.1, -0.05) is 24.3 Å². The Hall–Kier alpha value is -5.23. The number of fused-ring (bicyclic) bond motifs is 1. The molecule has 292 valence electrons. The van der Waals surface area contributed by atoms with Crippen LogP contribution in [0.25, 0.3) is 10.8 Å². The number of carbonyl (C=O) groups is 2. The summed E-state index contributed by atoms with van der Waals surface area (Å²) < 4.78 is 99.2. The van der Waals surface area contributed by atoms with Crippen molar-refractivity contribution in [1.82, 2.24) is 14.6 Å². The minimum Gasteiger partial charge on any atom is -0.490 e. The third-order valence-electron chi connectivity index (χ3n) is 8.07. The first-order valence-electron chi connectivity index (χ1n) is 16.7. The molecule has 0 bridgehead atoms. The number of aliphatic carboxylic acids is 1. The normalized spacial score (nSPS) is 15.1. The van der Waals surface area contributed by atoms with E-state index in [0.717, 1.165) is 15.1 Å². The maximum Gasteiger partial charge on any atom is 0.490 e. The Morgan fingerprint density at radius 1 is 1.02 bits per heavy atom. The monoisotopic (exact) mass is 781 g/mol. The van der Waals surface area contributed by atoms with Crippen LogP contribution in [0.2, 0.25) is 0 Å². The maximum absolute atomic E-state index is 14.0. The summed E-state index contributed by atoms with van der Waals surface area (Å²) in [4.78, 5) is 27.0. The molecular formula is C36H40F5N5O7S. The fraction of sp³-hybridized carbons (Fsp3) is 0.361. The molecule has 1 fully saturated rings. The maximum atomic E-state index is 14.0. The van der Waals surface area contributed by atoms with Crippen LogP contribution in [0.5, 0.6) is 11.5 Å². The first kappa shape index (κ1) is 41.5. The van der Waals surface area contributed by atoms with E-state index in [2.05, 4.69) is 15.6 Å². The van der Waals surface area contributed by atoms with E-state index in [1.54, 1.807) is 48.7 Å². The molecule has 1 saturated heterocycles. The van der Waals surface area contributed by atoms with E-state index in [4.69, 9.17) is 25.1 Å². The Labute approximate surface area is 308 Å². The van der Waals surface area contributed by atoms with Crippen molar-refractivity contribution in [3.63, 3.8) is 0 Å². The van der Waals surface area contributed by atoms with Crippen LogP contribution in [0.15, 0.2) is 77.8 Å². The molecule has 4 aromatic rings. The second kappa shape index (κ2) is 17.3. The number of nitrogen functional groups attached to an aromatic ring is 1. The smallest absolute Gasteiger partial charge is 0.490 e. The van der Waals surface area contributed by atoms with Gasteiger partial charge in [0.05, 0.1) is 17.6 Å². The fourth-order valence-electron chi connectivity index (χ4n) is 5.46. The SMILES string of the molecule is CCOc1cc(C(Nc2ccc3c(N)nccc3c2)C(=O)NCc2ccccc2S(=O)(=O)N2CCC(F)(F)CC2)ccc1OC(C)C.O=C(O)C(F)(F)F. The predicted octanol–water partition coefficient (Wildman–Crippen LogP) is 6.53. The highest BCUT2D eigenvalue weighted by Gasteiger charge is 2.39. The molecule has 1 atom stereocenters. The van der Waals surface area contributed by atoms with E-state index in [9.17, 15) is 35.2 Å². The van der Waals surface area contributed by atoms with Crippen LogP contribution in [0, 0.1) is 0 Å². The Bertz CT molecular complexity index is 2060. The number of aromatic nitrogens is 1. The number of sulfonamides is 1. The van der Waals surface area contributed by atoms with Crippen molar-refractivity contribution in [2.45, 2.75) is 69.3 Å². The van der Waals surface area contributed by atoms with Gasteiger partial charge in [0.2, 0.25) is 15.9 Å². The zero-order valence-electron chi connectivity index (χ0n) is 29.5. The number of piperidine rings is 1. The highest BCUT2D eigenvalue weighted by Crippen LogP contribution is 2.34. The van der Waals surface area contributed by atoms with Crippen molar-refractivity contribution in [2.24, 2.45) is 0 Å². The Balaban J connectivity index is 0.000000845. The molecule has 2 heterocycles. The van der Waals surface area contributed by atoms with Gasteiger partial charge in [-0.25, -0.2) is 27.0 Å². The number of nitrogens with one attached hydrogen (secondary N) is 2. The summed E-state index contributed by atoms with van der Waals surface area (Å²) in [5.41, 5.74) is 7.58. The number of carbonyl (C=O) groups excluding carboxylic acids is 1. The predicted molar refractivity (Wildman–Crippen MR) is 191 cm³/mol. The molecule has 0 spiro atoms. The number of carboxylic acids is 1. The van der Waals surface area contributed by atoms with Gasteiger partial charge in [0.25, 0.3) is 5.92 Å². The summed E-state index contributed by atoms with van der Waals surface area (Å²) >= 11 is 0. The van der Waals surface area contributed by atoms with Crippen LogP contribution >= 0.6 is 0 Å². The van der Waals surface area contributed by atoms with E-state index < -0.39 is 52.9 Å². The molecule has 1 unspecified atom stereocenters. The van der Waals surface area contributed by atoms with E-state index in [1.165, 1.54) is 6.07 Å². The molecule has 1 aromatic heterocycles. The Morgan fingerprint density at radius 2 is 1.69 bits per heavy atom. The van der Waals surface area contributed by atoms with Crippen LogP contribution in [0.1, 0.15) is 50.8 Å². The average molecular weight is 782 g/mol. The molecule has 5 N–H and O–H groups in total. The van der Waals surface area contributed by atoms with Gasteiger partial charge in [-0.2, -0.15) is 17.5 Å². The molecule has 12 nitrogen and oxygen atoms in total. The lowest BCUT2D eigenvalue weighted by atomic mass is 10.0. The lowest BCUT2D eigenvalue weighted by Crippen LogP contribution is -2.43. The molecule has 54 heavy (non-hydrogen) atoms. The van der Waals surface area contributed by atoms with Gasteiger partial charge < -0.3 is 30.9 Å². The van der Waals surface area contributed by atoms with E-state index >= 15 is 0 Å². The lowest BCUT2D eigenvalue weighted by Gasteiger charge is -2.31. The lowest BCUT2D eigenvalue weighted by molar-refractivity contribution is -0.192. The third-order valence-corrected chi connectivity index (χ3v) is 10.1. The van der Waals surface area contributed by atoms with Crippen LogP contribution in [-0.4, -0.2) is 72.6 Å². The number of amides is 1. The average Bonchev–Trinajstić information content (AvgIpc) is 3.10. The summed E-state index contributed by atoms with van der Waals surface area (Å²) in [6.45, 7) is 5.35. The van der Waals surface area contributed by atoms with Crippen molar-refractivity contribution in [3.05, 3.63) is 84.1 Å². The number of rotatable bonds is 12. The van der Waals surface area contributed by atoms with Crippen LogP contribution < -0.4 is 25.8 Å². The largest absolute Gasteiger partial charge is 0.490 e. The van der Waals surface area contributed by atoms with E-state index in [-0.39, 0.29) is 30.6 Å². The quantitative estimate of drug-likeness (QED) is 0.116. The Kier molecular flexibility index (Phi) is 13.3. The minimum absolute atomic E-state index is 0.0374. The van der Waals surface area contributed by atoms with Gasteiger partial charge in [0.15, 0.2) is 11.5 Å². The summed E-state index contributed by atoms with van der Waals surface area (Å²) in [5.74, 6) is -4.70.